The Morgan fingerprint density at radius 1 is 1.20 bits per heavy atom. The standard InChI is InChI=1S/C11H22N2O.Y/c1-5-13(6-2,7-3)11(8-9-11)10(14)12-4;/h5-9H2,1-4H3;/p+1. The zero-order valence-corrected chi connectivity index (χ0v) is 13.3. The fraction of sp³-hybridized carbons (Fsp3) is 0.909. The van der Waals surface area contributed by atoms with Crippen LogP contribution in [0.15, 0.2) is 0 Å². The van der Waals surface area contributed by atoms with Crippen molar-refractivity contribution in [1.82, 2.24) is 5.32 Å². The minimum absolute atomic E-state index is 0. The van der Waals surface area contributed by atoms with Crippen LogP contribution in [-0.2, 0) is 37.5 Å². The fourth-order valence-electron chi connectivity index (χ4n) is 2.85. The number of hydrogen-bond acceptors (Lipinski definition) is 1. The van der Waals surface area contributed by atoms with Gasteiger partial charge in [0.25, 0.3) is 5.91 Å². The molecule has 1 saturated carbocycles. The van der Waals surface area contributed by atoms with Gasteiger partial charge in [0.1, 0.15) is 0 Å². The number of carbonyl (C=O) groups excluding carboxylic acids is 1. The average molecular weight is 288 g/mol. The van der Waals surface area contributed by atoms with E-state index in [1.807, 2.05) is 0 Å². The summed E-state index contributed by atoms with van der Waals surface area (Å²) in [6.07, 6.45) is 2.12. The first-order chi connectivity index (χ1) is 6.62. The zero-order chi connectivity index (χ0) is 10.8. The molecule has 4 heteroatoms. The number of carbonyl (C=O) groups is 1. The van der Waals surface area contributed by atoms with E-state index in [4.69, 9.17) is 0 Å². The second-order valence-corrected chi connectivity index (χ2v) is 4.20. The number of amides is 1. The molecule has 1 radical (unpaired) electrons. The van der Waals surface area contributed by atoms with Gasteiger partial charge in [-0.15, -0.1) is 0 Å². The van der Waals surface area contributed by atoms with Crippen molar-refractivity contribution in [3.05, 3.63) is 0 Å². The molecule has 0 atom stereocenters. The van der Waals surface area contributed by atoms with Crippen LogP contribution < -0.4 is 5.32 Å². The number of nitrogens with zero attached hydrogens (tertiary/aromatic N) is 1. The van der Waals surface area contributed by atoms with Crippen molar-refractivity contribution in [2.75, 3.05) is 26.7 Å². The van der Waals surface area contributed by atoms with Gasteiger partial charge in [-0.25, -0.2) is 0 Å². The predicted molar refractivity (Wildman–Crippen MR) is 57.9 cm³/mol. The third-order valence-electron chi connectivity index (χ3n) is 4.10. The van der Waals surface area contributed by atoms with E-state index in [1.54, 1.807) is 7.05 Å². The minimum Gasteiger partial charge on any atom is -0.354 e. The average Bonchev–Trinajstić information content (AvgIpc) is 3.02. The Morgan fingerprint density at radius 2 is 1.60 bits per heavy atom. The van der Waals surface area contributed by atoms with Crippen LogP contribution in [-0.4, -0.2) is 42.6 Å². The summed E-state index contributed by atoms with van der Waals surface area (Å²) in [6, 6.07) is 0. The van der Waals surface area contributed by atoms with Crippen LogP contribution in [0, 0.1) is 0 Å². The molecule has 1 rings (SSSR count). The van der Waals surface area contributed by atoms with E-state index in [1.165, 1.54) is 0 Å². The Morgan fingerprint density at radius 3 is 1.80 bits per heavy atom. The number of hydrogen-bond donors (Lipinski definition) is 1. The number of quaternary nitrogens is 1. The Kier molecular flexibility index (Phi) is 5.95. The van der Waals surface area contributed by atoms with Crippen molar-refractivity contribution in [1.29, 1.82) is 0 Å². The molecule has 0 aromatic heterocycles. The quantitative estimate of drug-likeness (QED) is 0.755. The number of rotatable bonds is 5. The van der Waals surface area contributed by atoms with E-state index < -0.39 is 0 Å². The van der Waals surface area contributed by atoms with Gasteiger partial charge >= 0.3 is 0 Å². The van der Waals surface area contributed by atoms with Gasteiger partial charge < -0.3 is 9.80 Å². The Bertz CT molecular complexity index is 214. The monoisotopic (exact) mass is 288 g/mol. The summed E-state index contributed by atoms with van der Waals surface area (Å²) in [4.78, 5) is 11.9. The molecule has 0 heterocycles. The molecule has 0 aromatic carbocycles. The van der Waals surface area contributed by atoms with Gasteiger partial charge in [0.05, 0.1) is 19.6 Å². The van der Waals surface area contributed by atoms with Crippen LogP contribution in [0.25, 0.3) is 0 Å². The predicted octanol–water partition coefficient (Wildman–Crippen LogP) is 1.14. The number of likely N-dealkylation sites (N-methyl/N-ethyl adjacent to an activating group) is 2. The third kappa shape index (κ3) is 2.30. The van der Waals surface area contributed by atoms with E-state index >= 15 is 0 Å². The summed E-state index contributed by atoms with van der Waals surface area (Å²) < 4.78 is 0.951. The van der Waals surface area contributed by atoms with Crippen LogP contribution in [0.5, 0.6) is 0 Å². The summed E-state index contributed by atoms with van der Waals surface area (Å²) in [5.74, 6) is 0.239. The fourth-order valence-corrected chi connectivity index (χ4v) is 2.85. The maximum absolute atomic E-state index is 11.9. The van der Waals surface area contributed by atoms with Gasteiger partial charge in [-0.1, -0.05) is 0 Å². The summed E-state index contributed by atoms with van der Waals surface area (Å²) in [5.41, 5.74) is -0.0903. The van der Waals surface area contributed by atoms with E-state index in [0.29, 0.717) is 0 Å². The summed E-state index contributed by atoms with van der Waals surface area (Å²) in [5, 5.41) is 2.82. The first-order valence-corrected chi connectivity index (χ1v) is 5.70. The molecule has 0 aromatic rings. The van der Waals surface area contributed by atoms with Crippen molar-refractivity contribution >= 4 is 5.91 Å². The van der Waals surface area contributed by atoms with Crippen molar-refractivity contribution in [3.8, 4) is 0 Å². The SMILES string of the molecule is CC[N+](CC)(CC)C1(C(=O)NC)CC1.[Y]. The van der Waals surface area contributed by atoms with E-state index in [-0.39, 0.29) is 44.2 Å². The van der Waals surface area contributed by atoms with Crippen molar-refractivity contribution in [3.63, 3.8) is 0 Å². The largest absolute Gasteiger partial charge is 0.354 e. The molecule has 0 bridgehead atoms. The van der Waals surface area contributed by atoms with Crippen LogP contribution in [0.3, 0.4) is 0 Å². The normalized spacial score (nSPS) is 17.9. The number of nitrogens with one attached hydrogen (secondary N) is 1. The topological polar surface area (TPSA) is 29.1 Å². The molecule has 1 amide bonds. The van der Waals surface area contributed by atoms with Crippen LogP contribution in [0.2, 0.25) is 0 Å². The molecule has 0 aliphatic heterocycles. The maximum atomic E-state index is 11.9. The van der Waals surface area contributed by atoms with Gasteiger partial charge in [-0.05, 0) is 20.8 Å². The van der Waals surface area contributed by atoms with Crippen LogP contribution in [0.1, 0.15) is 33.6 Å². The third-order valence-corrected chi connectivity index (χ3v) is 4.10. The molecule has 1 fully saturated rings. The molecule has 0 spiro atoms. The minimum atomic E-state index is -0.0903. The second kappa shape index (κ2) is 5.74. The molecule has 1 aliphatic carbocycles. The van der Waals surface area contributed by atoms with Gasteiger partial charge in [0, 0.05) is 52.6 Å². The molecule has 3 nitrogen and oxygen atoms in total. The summed E-state index contributed by atoms with van der Waals surface area (Å²) in [7, 11) is 1.75. The smallest absolute Gasteiger partial charge is 0.281 e. The molecular weight excluding hydrogens is 265 g/mol. The first kappa shape index (κ1) is 15.5. The molecule has 0 unspecified atom stereocenters. The Balaban J connectivity index is 0.00000196. The molecule has 1 N–H and O–H groups in total. The molecule has 85 valence electrons. The second-order valence-electron chi connectivity index (χ2n) is 4.20. The van der Waals surface area contributed by atoms with Gasteiger partial charge in [-0.3, -0.25) is 4.79 Å². The van der Waals surface area contributed by atoms with E-state index in [0.717, 1.165) is 37.0 Å². The maximum Gasteiger partial charge on any atom is 0.281 e. The van der Waals surface area contributed by atoms with Crippen molar-refractivity contribution < 1.29 is 42.0 Å². The molecule has 1 aliphatic rings. The molecule has 15 heavy (non-hydrogen) atoms. The molecule has 0 saturated heterocycles. The van der Waals surface area contributed by atoms with Crippen molar-refractivity contribution in [2.24, 2.45) is 0 Å². The van der Waals surface area contributed by atoms with Gasteiger partial charge in [0.2, 0.25) is 0 Å². The van der Waals surface area contributed by atoms with E-state index in [9.17, 15) is 4.79 Å². The Hall–Kier alpha value is 0.534. The first-order valence-electron chi connectivity index (χ1n) is 5.70. The van der Waals surface area contributed by atoms with Crippen LogP contribution in [0.4, 0.5) is 0 Å². The molecular formula is C11H23N2OY+. The van der Waals surface area contributed by atoms with E-state index in [2.05, 4.69) is 26.1 Å². The van der Waals surface area contributed by atoms with Crippen molar-refractivity contribution in [2.45, 2.75) is 39.2 Å². The summed E-state index contributed by atoms with van der Waals surface area (Å²) in [6.45, 7) is 9.74. The van der Waals surface area contributed by atoms with Gasteiger partial charge in [0.15, 0.2) is 5.54 Å². The Labute approximate surface area is 118 Å². The van der Waals surface area contributed by atoms with Gasteiger partial charge in [-0.2, -0.15) is 0 Å². The summed E-state index contributed by atoms with van der Waals surface area (Å²) >= 11 is 0. The zero-order valence-electron chi connectivity index (χ0n) is 10.5. The van der Waals surface area contributed by atoms with Crippen LogP contribution >= 0.6 is 0 Å².